The highest BCUT2D eigenvalue weighted by Gasteiger charge is 2.72. The number of rotatable bonds is 3. The zero-order valence-corrected chi connectivity index (χ0v) is 15.9. The van der Waals surface area contributed by atoms with E-state index in [1.807, 2.05) is 0 Å². The molecule has 9 heteroatoms. The molecule has 2 bridgehead atoms. The van der Waals surface area contributed by atoms with E-state index in [1.165, 1.54) is 15.9 Å². The van der Waals surface area contributed by atoms with Crippen LogP contribution in [-0.2, 0) is 16.1 Å². The van der Waals surface area contributed by atoms with Crippen LogP contribution < -0.4 is 10.1 Å². The molecule has 1 N–H and O–H groups in total. The van der Waals surface area contributed by atoms with E-state index in [1.54, 1.807) is 19.2 Å². The number of hydrogen-bond donors (Lipinski definition) is 1. The van der Waals surface area contributed by atoms with Gasteiger partial charge in [0.2, 0.25) is 11.8 Å². The van der Waals surface area contributed by atoms with Crippen LogP contribution in [0.25, 0.3) is 0 Å². The number of nitrogens with one attached hydrogen (secondary N) is 1. The number of ether oxygens (including phenoxy) is 1. The third kappa shape index (κ3) is 2.63. The minimum Gasteiger partial charge on any atom is -0.410 e. The Morgan fingerprint density at radius 3 is 2.66 bits per heavy atom. The highest BCUT2D eigenvalue weighted by Crippen LogP contribution is 2.65. The topological polar surface area (TPSA) is 96.0 Å². The van der Waals surface area contributed by atoms with Crippen LogP contribution in [0.4, 0.5) is 9.18 Å². The van der Waals surface area contributed by atoms with E-state index >= 15 is 0 Å². The van der Waals surface area contributed by atoms with Gasteiger partial charge in [0.25, 0.3) is 5.91 Å². The van der Waals surface area contributed by atoms with Crippen LogP contribution in [0.5, 0.6) is 5.75 Å². The van der Waals surface area contributed by atoms with Gasteiger partial charge in [0.05, 0.1) is 5.54 Å². The van der Waals surface area contributed by atoms with Crippen LogP contribution in [0.2, 0.25) is 0 Å². The Morgan fingerprint density at radius 2 is 2.00 bits per heavy atom. The molecule has 1 aromatic carbocycles. The molecule has 1 atom stereocenters. The molecule has 1 unspecified atom stereocenters. The second-order valence-corrected chi connectivity index (χ2v) is 8.55. The Balaban J connectivity index is 1.28. The van der Waals surface area contributed by atoms with Crippen LogP contribution in [0, 0.1) is 0 Å². The van der Waals surface area contributed by atoms with E-state index in [0.29, 0.717) is 24.8 Å². The summed E-state index contributed by atoms with van der Waals surface area (Å²) < 4.78 is 19.1. The minimum absolute atomic E-state index is 0.188. The fraction of sp³-hybridized carbons (Fsp3) is 0.500. The van der Waals surface area contributed by atoms with Gasteiger partial charge in [-0.2, -0.15) is 0 Å². The van der Waals surface area contributed by atoms with Gasteiger partial charge in [0.1, 0.15) is 17.5 Å². The van der Waals surface area contributed by atoms with Crippen LogP contribution in [0.15, 0.2) is 18.2 Å². The summed E-state index contributed by atoms with van der Waals surface area (Å²) in [6, 6.07) is 4.10. The summed E-state index contributed by atoms with van der Waals surface area (Å²) >= 11 is 0. The normalized spacial score (nSPS) is 32.1. The number of piperidine rings is 1. The number of fused-ring (bicyclic) bond motifs is 1. The number of imide groups is 1. The highest BCUT2D eigenvalue weighted by atomic mass is 19.1. The average Bonchev–Trinajstić information content (AvgIpc) is 2.94. The van der Waals surface area contributed by atoms with Crippen molar-refractivity contribution in [2.75, 3.05) is 7.05 Å². The Bertz CT molecular complexity index is 957. The lowest BCUT2D eigenvalue weighted by molar-refractivity contribution is -0.208. The number of alkyl halides is 1. The summed E-state index contributed by atoms with van der Waals surface area (Å²) in [5.41, 5.74) is -0.461. The van der Waals surface area contributed by atoms with E-state index in [-0.39, 0.29) is 37.0 Å². The maximum atomic E-state index is 13.7. The Morgan fingerprint density at radius 1 is 1.28 bits per heavy atom. The SMILES string of the molecule is CN(C(=O)Oc1ccc2c(c1)C(=O)N(C1CCC(=O)NC1=O)C2)C12CC(F)(C1)C2. The summed E-state index contributed by atoms with van der Waals surface area (Å²) in [7, 11) is 1.60. The second kappa shape index (κ2) is 5.77. The first-order chi connectivity index (χ1) is 13.7. The zero-order valence-electron chi connectivity index (χ0n) is 15.9. The van der Waals surface area contributed by atoms with Gasteiger partial charge in [0, 0.05) is 44.8 Å². The summed E-state index contributed by atoms with van der Waals surface area (Å²) in [6.07, 6.45) is 0.918. The fourth-order valence-corrected chi connectivity index (χ4v) is 4.93. The van der Waals surface area contributed by atoms with E-state index in [0.717, 1.165) is 5.56 Å². The molecule has 0 aromatic heterocycles. The van der Waals surface area contributed by atoms with Crippen molar-refractivity contribution in [3.05, 3.63) is 29.3 Å². The lowest BCUT2D eigenvalue weighted by Crippen LogP contribution is -2.77. The summed E-state index contributed by atoms with van der Waals surface area (Å²) in [5, 5.41) is 2.26. The van der Waals surface area contributed by atoms with Crippen molar-refractivity contribution < 1.29 is 28.3 Å². The number of nitrogens with zero attached hydrogens (tertiary/aromatic N) is 2. The molecule has 152 valence electrons. The van der Waals surface area contributed by atoms with Crippen LogP contribution in [0.1, 0.15) is 48.0 Å². The van der Waals surface area contributed by atoms with Gasteiger partial charge in [0.15, 0.2) is 0 Å². The van der Waals surface area contributed by atoms with Crippen molar-refractivity contribution in [2.24, 2.45) is 0 Å². The standard InChI is InChI=1S/C20H20FN3O5/c1-23(20-8-19(21,9-20)10-20)18(28)29-12-3-2-11-7-24(17(27)13(11)6-12)14-4-5-15(25)22-16(14)26/h2-3,6,14H,4-5,7-10H2,1H3,(H,22,25,26). The Kier molecular flexibility index (Phi) is 3.60. The third-order valence-corrected chi connectivity index (χ3v) is 6.63. The first kappa shape index (κ1) is 18.1. The van der Waals surface area contributed by atoms with Gasteiger partial charge in [-0.1, -0.05) is 6.07 Å². The summed E-state index contributed by atoms with van der Waals surface area (Å²) in [5.74, 6) is -0.920. The number of halogens is 1. The summed E-state index contributed by atoms with van der Waals surface area (Å²) in [6.45, 7) is 0.260. The molecule has 2 heterocycles. The predicted octanol–water partition coefficient (Wildman–Crippen LogP) is 1.52. The number of carbonyl (C=O) groups excluding carboxylic acids is 4. The molecule has 1 aromatic rings. The van der Waals surface area contributed by atoms with Crippen LogP contribution >= 0.6 is 0 Å². The van der Waals surface area contributed by atoms with Gasteiger partial charge < -0.3 is 14.5 Å². The average molecular weight is 401 g/mol. The van der Waals surface area contributed by atoms with E-state index < -0.39 is 29.2 Å². The number of amides is 4. The monoisotopic (exact) mass is 401 g/mol. The van der Waals surface area contributed by atoms with Gasteiger partial charge in [-0.25, -0.2) is 9.18 Å². The van der Waals surface area contributed by atoms with Crippen molar-refractivity contribution in [1.82, 2.24) is 15.1 Å². The molecule has 2 aliphatic heterocycles. The molecular weight excluding hydrogens is 381 g/mol. The maximum Gasteiger partial charge on any atom is 0.415 e. The number of benzene rings is 1. The first-order valence-corrected chi connectivity index (χ1v) is 9.62. The molecule has 1 saturated heterocycles. The largest absolute Gasteiger partial charge is 0.415 e. The van der Waals surface area contributed by atoms with Gasteiger partial charge in [-0.05, 0) is 24.1 Å². The number of carbonyl (C=O) groups is 4. The molecule has 5 aliphatic rings. The van der Waals surface area contributed by atoms with Crippen molar-refractivity contribution in [2.45, 2.75) is 55.9 Å². The Labute approximate surface area is 166 Å². The van der Waals surface area contributed by atoms with Crippen molar-refractivity contribution in [3.63, 3.8) is 0 Å². The quantitative estimate of drug-likeness (QED) is 0.775. The first-order valence-electron chi connectivity index (χ1n) is 9.62. The lowest BCUT2D eigenvalue weighted by atomic mass is 9.47. The van der Waals surface area contributed by atoms with Gasteiger partial charge in [-0.15, -0.1) is 0 Å². The van der Waals surface area contributed by atoms with Gasteiger partial charge in [-0.3, -0.25) is 19.7 Å². The molecule has 4 amide bonds. The molecule has 0 radical (unpaired) electrons. The van der Waals surface area contributed by atoms with Crippen molar-refractivity contribution >= 4 is 23.8 Å². The van der Waals surface area contributed by atoms with Crippen molar-refractivity contribution in [1.29, 1.82) is 0 Å². The lowest BCUT2D eigenvalue weighted by Gasteiger charge is -2.68. The Hall–Kier alpha value is -2.97. The molecule has 4 fully saturated rings. The van der Waals surface area contributed by atoms with E-state index in [2.05, 4.69) is 5.32 Å². The van der Waals surface area contributed by atoms with Crippen LogP contribution in [0.3, 0.4) is 0 Å². The molecule has 29 heavy (non-hydrogen) atoms. The zero-order chi connectivity index (χ0) is 20.6. The molecule has 0 spiro atoms. The van der Waals surface area contributed by atoms with E-state index in [4.69, 9.17) is 4.74 Å². The van der Waals surface area contributed by atoms with Crippen LogP contribution in [-0.4, -0.2) is 57.9 Å². The molecule has 3 saturated carbocycles. The van der Waals surface area contributed by atoms with Gasteiger partial charge >= 0.3 is 6.09 Å². The molecular formula is C20H20FN3O5. The van der Waals surface area contributed by atoms with Crippen molar-refractivity contribution in [3.8, 4) is 5.75 Å². The molecule has 6 rings (SSSR count). The van der Waals surface area contributed by atoms with E-state index in [9.17, 15) is 23.6 Å². The fourth-order valence-electron chi connectivity index (χ4n) is 4.93. The third-order valence-electron chi connectivity index (χ3n) is 6.63. The highest BCUT2D eigenvalue weighted by molar-refractivity contribution is 6.05. The molecule has 3 aliphatic carbocycles. The predicted molar refractivity (Wildman–Crippen MR) is 96.7 cm³/mol. The molecule has 8 nitrogen and oxygen atoms in total. The minimum atomic E-state index is -1.12. The second-order valence-electron chi connectivity index (χ2n) is 8.55. The smallest absolute Gasteiger partial charge is 0.410 e. The number of hydrogen-bond acceptors (Lipinski definition) is 5. The maximum absolute atomic E-state index is 13.7. The summed E-state index contributed by atoms with van der Waals surface area (Å²) in [4.78, 5) is 51.6.